The molecule has 1 saturated heterocycles. The predicted molar refractivity (Wildman–Crippen MR) is 71.7 cm³/mol. The maximum atomic E-state index is 12.4. The predicted octanol–water partition coefficient (Wildman–Crippen LogP) is 2.41. The standard InChI is InChI=1S/C13H16BrNO3/c1-13(2)8-15(5-6-18-13)12(17)10-7-9(14)3-4-11(10)16/h3-4,7,16H,5-6,8H2,1-2H3. The minimum Gasteiger partial charge on any atom is -0.507 e. The van der Waals surface area contributed by atoms with Crippen LogP contribution >= 0.6 is 15.9 Å². The molecule has 18 heavy (non-hydrogen) atoms. The van der Waals surface area contributed by atoms with Crippen molar-refractivity contribution in [3.63, 3.8) is 0 Å². The van der Waals surface area contributed by atoms with Gasteiger partial charge in [-0.2, -0.15) is 0 Å². The van der Waals surface area contributed by atoms with Crippen molar-refractivity contribution in [2.24, 2.45) is 0 Å². The zero-order valence-electron chi connectivity index (χ0n) is 10.4. The van der Waals surface area contributed by atoms with Crippen LogP contribution in [0.3, 0.4) is 0 Å². The van der Waals surface area contributed by atoms with E-state index in [0.717, 1.165) is 4.47 Å². The molecule has 0 saturated carbocycles. The molecule has 1 heterocycles. The molecule has 1 amide bonds. The van der Waals surface area contributed by atoms with Gasteiger partial charge in [-0.25, -0.2) is 0 Å². The highest BCUT2D eigenvalue weighted by Gasteiger charge is 2.31. The molecule has 2 rings (SSSR count). The molecule has 1 aliphatic heterocycles. The fourth-order valence-electron chi connectivity index (χ4n) is 2.04. The molecule has 1 fully saturated rings. The molecule has 0 aromatic heterocycles. The van der Waals surface area contributed by atoms with Gasteiger partial charge in [-0.05, 0) is 32.0 Å². The minimum atomic E-state index is -0.338. The number of amides is 1. The van der Waals surface area contributed by atoms with E-state index in [2.05, 4.69) is 15.9 Å². The molecule has 0 aliphatic carbocycles. The zero-order chi connectivity index (χ0) is 13.3. The summed E-state index contributed by atoms with van der Waals surface area (Å²) in [6.07, 6.45) is 0. The number of hydrogen-bond acceptors (Lipinski definition) is 3. The lowest BCUT2D eigenvalue weighted by molar-refractivity contribution is -0.0764. The Morgan fingerprint density at radius 3 is 2.89 bits per heavy atom. The first kappa shape index (κ1) is 13.4. The molecular formula is C13H16BrNO3. The summed E-state index contributed by atoms with van der Waals surface area (Å²) in [6, 6.07) is 4.86. The van der Waals surface area contributed by atoms with Crippen molar-refractivity contribution in [2.45, 2.75) is 19.4 Å². The Labute approximate surface area is 115 Å². The van der Waals surface area contributed by atoms with Crippen LogP contribution in [0, 0.1) is 0 Å². The van der Waals surface area contributed by atoms with Crippen molar-refractivity contribution in [3.8, 4) is 5.75 Å². The number of aromatic hydroxyl groups is 1. The number of rotatable bonds is 1. The molecule has 1 aliphatic rings. The number of benzene rings is 1. The second kappa shape index (κ2) is 4.90. The lowest BCUT2D eigenvalue weighted by atomic mass is 10.1. The van der Waals surface area contributed by atoms with Crippen LogP contribution in [0.2, 0.25) is 0 Å². The Kier molecular flexibility index (Phi) is 3.64. The van der Waals surface area contributed by atoms with E-state index >= 15 is 0 Å². The fourth-order valence-corrected chi connectivity index (χ4v) is 2.40. The van der Waals surface area contributed by atoms with Gasteiger partial charge in [0.2, 0.25) is 0 Å². The van der Waals surface area contributed by atoms with Gasteiger partial charge in [0.1, 0.15) is 5.75 Å². The SMILES string of the molecule is CC1(C)CN(C(=O)c2cc(Br)ccc2O)CCO1. The van der Waals surface area contributed by atoms with Crippen LogP contribution in [0.4, 0.5) is 0 Å². The van der Waals surface area contributed by atoms with Gasteiger partial charge in [0.05, 0.1) is 17.8 Å². The number of hydrogen-bond donors (Lipinski definition) is 1. The van der Waals surface area contributed by atoms with E-state index in [9.17, 15) is 9.90 Å². The molecule has 0 atom stereocenters. The van der Waals surface area contributed by atoms with E-state index in [4.69, 9.17) is 4.74 Å². The first-order valence-corrected chi connectivity index (χ1v) is 6.60. The van der Waals surface area contributed by atoms with Gasteiger partial charge in [-0.3, -0.25) is 4.79 Å². The Bertz CT molecular complexity index is 473. The summed E-state index contributed by atoms with van der Waals surface area (Å²) in [7, 11) is 0. The third kappa shape index (κ3) is 2.84. The van der Waals surface area contributed by atoms with Crippen LogP contribution in [0.5, 0.6) is 5.75 Å². The van der Waals surface area contributed by atoms with Crippen molar-refractivity contribution in [1.29, 1.82) is 0 Å². The van der Waals surface area contributed by atoms with Crippen molar-refractivity contribution in [1.82, 2.24) is 4.90 Å². The highest BCUT2D eigenvalue weighted by atomic mass is 79.9. The lowest BCUT2D eigenvalue weighted by Crippen LogP contribution is -2.50. The number of nitrogens with zero attached hydrogens (tertiary/aromatic N) is 1. The lowest BCUT2D eigenvalue weighted by Gasteiger charge is -2.38. The molecule has 0 radical (unpaired) electrons. The Morgan fingerprint density at radius 1 is 1.50 bits per heavy atom. The van der Waals surface area contributed by atoms with E-state index in [-0.39, 0.29) is 17.3 Å². The zero-order valence-corrected chi connectivity index (χ0v) is 12.0. The summed E-state index contributed by atoms with van der Waals surface area (Å²) >= 11 is 3.30. The summed E-state index contributed by atoms with van der Waals surface area (Å²) in [5.74, 6) is -0.155. The first-order chi connectivity index (χ1) is 8.39. The smallest absolute Gasteiger partial charge is 0.257 e. The van der Waals surface area contributed by atoms with Gasteiger partial charge in [0, 0.05) is 17.6 Å². The second-order valence-electron chi connectivity index (χ2n) is 5.00. The second-order valence-corrected chi connectivity index (χ2v) is 5.91. The monoisotopic (exact) mass is 313 g/mol. The summed E-state index contributed by atoms with van der Waals surface area (Å²) < 4.78 is 6.34. The van der Waals surface area contributed by atoms with E-state index in [1.54, 1.807) is 17.0 Å². The van der Waals surface area contributed by atoms with Crippen LogP contribution in [-0.4, -0.2) is 41.2 Å². The quantitative estimate of drug-likeness (QED) is 0.866. The molecule has 0 unspecified atom stereocenters. The summed E-state index contributed by atoms with van der Waals surface area (Å²) in [6.45, 7) is 5.50. The molecule has 1 aromatic rings. The van der Waals surface area contributed by atoms with Crippen LogP contribution in [0.1, 0.15) is 24.2 Å². The van der Waals surface area contributed by atoms with Crippen LogP contribution < -0.4 is 0 Å². The van der Waals surface area contributed by atoms with Crippen molar-refractivity contribution in [3.05, 3.63) is 28.2 Å². The van der Waals surface area contributed by atoms with Gasteiger partial charge < -0.3 is 14.7 Å². The Hall–Kier alpha value is -1.07. The van der Waals surface area contributed by atoms with Gasteiger partial charge in [0.15, 0.2) is 0 Å². The van der Waals surface area contributed by atoms with E-state index < -0.39 is 0 Å². The fraction of sp³-hybridized carbons (Fsp3) is 0.462. The maximum Gasteiger partial charge on any atom is 0.257 e. The third-order valence-electron chi connectivity index (χ3n) is 2.90. The third-order valence-corrected chi connectivity index (χ3v) is 3.40. The van der Waals surface area contributed by atoms with Gasteiger partial charge >= 0.3 is 0 Å². The number of phenols is 1. The summed E-state index contributed by atoms with van der Waals surface area (Å²) in [5, 5.41) is 9.77. The normalized spacial score (nSPS) is 18.7. The summed E-state index contributed by atoms with van der Waals surface area (Å²) in [5.41, 5.74) is -0.0164. The highest BCUT2D eigenvalue weighted by Crippen LogP contribution is 2.25. The van der Waals surface area contributed by atoms with Crippen molar-refractivity contribution >= 4 is 21.8 Å². The van der Waals surface area contributed by atoms with Crippen LogP contribution in [0.15, 0.2) is 22.7 Å². The molecule has 1 N–H and O–H groups in total. The average Bonchev–Trinajstić information content (AvgIpc) is 2.30. The van der Waals surface area contributed by atoms with Gasteiger partial charge in [0.25, 0.3) is 5.91 Å². The van der Waals surface area contributed by atoms with Crippen molar-refractivity contribution < 1.29 is 14.6 Å². The highest BCUT2D eigenvalue weighted by molar-refractivity contribution is 9.10. The number of phenolic OH excluding ortho intramolecular Hbond substituents is 1. The van der Waals surface area contributed by atoms with Crippen molar-refractivity contribution in [2.75, 3.05) is 19.7 Å². The Morgan fingerprint density at radius 2 is 2.22 bits per heavy atom. The van der Waals surface area contributed by atoms with Crippen LogP contribution in [-0.2, 0) is 4.74 Å². The number of morpholine rings is 1. The molecular weight excluding hydrogens is 298 g/mol. The van der Waals surface area contributed by atoms with E-state index in [1.165, 1.54) is 6.07 Å². The van der Waals surface area contributed by atoms with Gasteiger partial charge in [-0.15, -0.1) is 0 Å². The van der Waals surface area contributed by atoms with E-state index in [0.29, 0.717) is 25.3 Å². The molecule has 98 valence electrons. The maximum absolute atomic E-state index is 12.4. The van der Waals surface area contributed by atoms with Crippen LogP contribution in [0.25, 0.3) is 0 Å². The molecule has 0 spiro atoms. The molecule has 1 aromatic carbocycles. The topological polar surface area (TPSA) is 49.8 Å². The Balaban J connectivity index is 2.23. The number of ether oxygens (including phenoxy) is 1. The summed E-state index contributed by atoms with van der Waals surface area (Å²) in [4.78, 5) is 14.1. The molecule has 5 heteroatoms. The largest absolute Gasteiger partial charge is 0.507 e. The minimum absolute atomic E-state index is 0.00694. The van der Waals surface area contributed by atoms with Gasteiger partial charge in [-0.1, -0.05) is 15.9 Å². The molecule has 4 nitrogen and oxygen atoms in total. The number of halogens is 1. The average molecular weight is 314 g/mol. The van der Waals surface area contributed by atoms with E-state index in [1.807, 2.05) is 13.8 Å². The first-order valence-electron chi connectivity index (χ1n) is 5.81. The number of carbonyl (C=O) groups excluding carboxylic acids is 1. The number of carbonyl (C=O) groups is 1. The molecule has 0 bridgehead atoms.